The monoisotopic (exact) mass is 374 g/mol. The van der Waals surface area contributed by atoms with E-state index in [-0.39, 0.29) is 36.8 Å². The van der Waals surface area contributed by atoms with Gasteiger partial charge in [0.1, 0.15) is 0 Å². The highest BCUT2D eigenvalue weighted by Gasteiger charge is 2.13. The first kappa shape index (κ1) is 18.9. The van der Waals surface area contributed by atoms with E-state index in [1.54, 1.807) is 47.1 Å². The van der Waals surface area contributed by atoms with Crippen LogP contribution in [0.5, 0.6) is 0 Å². The Morgan fingerprint density at radius 2 is 1.86 bits per heavy atom. The Kier molecular flexibility index (Phi) is 5.82. The molecule has 28 heavy (non-hydrogen) atoms. The van der Waals surface area contributed by atoms with Crippen molar-refractivity contribution in [3.63, 3.8) is 0 Å². The van der Waals surface area contributed by atoms with Crippen molar-refractivity contribution in [1.29, 1.82) is 0 Å². The van der Waals surface area contributed by atoms with Crippen LogP contribution in [0.15, 0.2) is 59.5 Å². The highest BCUT2D eigenvalue weighted by Crippen LogP contribution is 2.15. The van der Waals surface area contributed by atoms with Gasteiger partial charge < -0.3 is 10.6 Å². The van der Waals surface area contributed by atoms with E-state index in [0.29, 0.717) is 22.2 Å². The van der Waals surface area contributed by atoms with Crippen LogP contribution in [0.3, 0.4) is 0 Å². The smallest absolute Gasteiger partial charge is 0.254 e. The summed E-state index contributed by atoms with van der Waals surface area (Å²) in [7, 11) is 0. The molecule has 0 saturated carbocycles. The highest BCUT2D eigenvalue weighted by molar-refractivity contribution is 6.03. The largest absolute Gasteiger partial charge is 0.341 e. The summed E-state index contributed by atoms with van der Waals surface area (Å²) < 4.78 is 1.61. The molecule has 0 atom stereocenters. The Balaban J connectivity index is 1.71. The molecule has 7 nitrogen and oxygen atoms in total. The molecule has 0 bridgehead atoms. The Morgan fingerprint density at radius 3 is 2.68 bits per heavy atom. The predicted molar refractivity (Wildman–Crippen MR) is 107 cm³/mol. The van der Waals surface area contributed by atoms with Gasteiger partial charge in [0.2, 0.25) is 11.3 Å². The van der Waals surface area contributed by atoms with Gasteiger partial charge in [-0.2, -0.15) is 5.10 Å². The number of hydrogen-bond donors (Lipinski definition) is 2. The minimum atomic E-state index is -0.359. The number of terminal acetylenes is 1. The first-order valence-electron chi connectivity index (χ1n) is 8.65. The van der Waals surface area contributed by atoms with Gasteiger partial charge in [-0.05, 0) is 24.3 Å². The van der Waals surface area contributed by atoms with Gasteiger partial charge in [0, 0.05) is 11.8 Å². The van der Waals surface area contributed by atoms with Gasteiger partial charge in [0.25, 0.3) is 5.91 Å². The lowest BCUT2D eigenvalue weighted by atomic mass is 10.1. The SMILES string of the molecule is C#CCNC(=O)c1ccccc1NC(=O)CCn1ncc(=O)c2ccccc21. The van der Waals surface area contributed by atoms with E-state index in [1.807, 2.05) is 6.07 Å². The van der Waals surface area contributed by atoms with Crippen LogP contribution in [-0.2, 0) is 11.3 Å². The van der Waals surface area contributed by atoms with E-state index in [2.05, 4.69) is 21.7 Å². The van der Waals surface area contributed by atoms with E-state index >= 15 is 0 Å². The highest BCUT2D eigenvalue weighted by atomic mass is 16.2. The van der Waals surface area contributed by atoms with Crippen LogP contribution in [0.25, 0.3) is 10.9 Å². The standard InChI is InChI=1S/C21H18N4O3/c1-2-12-22-21(28)15-7-3-5-9-17(15)24-20(27)11-13-25-18-10-6-4-8-16(18)19(26)14-23-25/h1,3-10,14H,11-13H2,(H,22,28)(H,24,27). The molecule has 0 unspecified atom stereocenters. The van der Waals surface area contributed by atoms with Crippen molar-refractivity contribution in [1.82, 2.24) is 15.1 Å². The molecule has 140 valence electrons. The molecule has 0 radical (unpaired) electrons. The molecule has 0 aliphatic heterocycles. The molecule has 2 amide bonds. The van der Waals surface area contributed by atoms with Crippen molar-refractivity contribution >= 4 is 28.4 Å². The molecule has 1 heterocycles. The fourth-order valence-corrected chi connectivity index (χ4v) is 2.78. The van der Waals surface area contributed by atoms with Crippen LogP contribution in [-0.4, -0.2) is 28.1 Å². The minimum Gasteiger partial charge on any atom is -0.341 e. The summed E-state index contributed by atoms with van der Waals surface area (Å²) in [4.78, 5) is 36.4. The molecule has 3 aromatic rings. The van der Waals surface area contributed by atoms with Crippen molar-refractivity contribution in [3.8, 4) is 12.3 Å². The lowest BCUT2D eigenvalue weighted by molar-refractivity contribution is -0.116. The number of aryl methyl sites for hydroxylation is 1. The minimum absolute atomic E-state index is 0.103. The topological polar surface area (TPSA) is 93.1 Å². The number of benzene rings is 2. The Hall–Kier alpha value is -3.92. The number of hydrogen-bond acceptors (Lipinski definition) is 4. The van der Waals surface area contributed by atoms with E-state index in [0.717, 1.165) is 0 Å². The van der Waals surface area contributed by atoms with Crippen LogP contribution >= 0.6 is 0 Å². The van der Waals surface area contributed by atoms with Crippen LogP contribution < -0.4 is 16.1 Å². The number of aromatic nitrogens is 2. The van der Waals surface area contributed by atoms with Crippen LogP contribution in [0.1, 0.15) is 16.8 Å². The lowest BCUT2D eigenvalue weighted by Crippen LogP contribution is -2.25. The van der Waals surface area contributed by atoms with E-state index in [4.69, 9.17) is 6.42 Å². The zero-order chi connectivity index (χ0) is 19.9. The van der Waals surface area contributed by atoms with Gasteiger partial charge in [-0.15, -0.1) is 6.42 Å². The molecule has 0 aliphatic carbocycles. The number of carbonyl (C=O) groups is 2. The molecule has 7 heteroatoms. The van der Waals surface area contributed by atoms with Gasteiger partial charge in [-0.1, -0.05) is 30.2 Å². The van der Waals surface area contributed by atoms with Crippen LogP contribution in [0.2, 0.25) is 0 Å². The first-order valence-corrected chi connectivity index (χ1v) is 8.65. The molecule has 2 aromatic carbocycles. The zero-order valence-electron chi connectivity index (χ0n) is 15.0. The maximum Gasteiger partial charge on any atom is 0.254 e. The summed E-state index contributed by atoms with van der Waals surface area (Å²) in [5, 5.41) is 9.97. The number of nitrogens with one attached hydrogen (secondary N) is 2. The van der Waals surface area contributed by atoms with Crippen molar-refractivity contribution in [2.45, 2.75) is 13.0 Å². The fraction of sp³-hybridized carbons (Fsp3) is 0.143. The molecule has 0 aliphatic rings. The normalized spacial score (nSPS) is 10.2. The summed E-state index contributed by atoms with van der Waals surface area (Å²) in [5.74, 6) is 1.70. The van der Waals surface area contributed by atoms with Crippen molar-refractivity contribution in [2.75, 3.05) is 11.9 Å². The second-order valence-electron chi connectivity index (χ2n) is 5.98. The van der Waals surface area contributed by atoms with E-state index in [1.165, 1.54) is 6.20 Å². The maximum atomic E-state index is 12.4. The first-order chi connectivity index (χ1) is 13.6. The molecular weight excluding hydrogens is 356 g/mol. The predicted octanol–water partition coefficient (Wildman–Crippen LogP) is 1.79. The number of carbonyl (C=O) groups excluding carboxylic acids is 2. The van der Waals surface area contributed by atoms with Gasteiger partial charge in [0.05, 0.1) is 36.1 Å². The summed E-state index contributed by atoms with van der Waals surface area (Å²) in [5.41, 5.74) is 1.23. The van der Waals surface area contributed by atoms with Crippen molar-refractivity contribution < 1.29 is 9.59 Å². The molecule has 0 fully saturated rings. The third-order valence-corrected chi connectivity index (χ3v) is 4.11. The Bertz CT molecular complexity index is 1130. The average Bonchev–Trinajstić information content (AvgIpc) is 2.72. The number of para-hydroxylation sites is 2. The molecule has 3 rings (SSSR count). The summed E-state index contributed by atoms with van der Waals surface area (Å²) >= 11 is 0. The summed E-state index contributed by atoms with van der Waals surface area (Å²) in [6.45, 7) is 0.393. The van der Waals surface area contributed by atoms with Gasteiger partial charge in [0.15, 0.2) is 0 Å². The zero-order valence-corrected chi connectivity index (χ0v) is 15.0. The van der Waals surface area contributed by atoms with Crippen LogP contribution in [0, 0.1) is 12.3 Å². The second kappa shape index (κ2) is 8.64. The quantitative estimate of drug-likeness (QED) is 0.644. The summed E-state index contributed by atoms with van der Waals surface area (Å²) in [6.07, 6.45) is 6.52. The summed E-state index contributed by atoms with van der Waals surface area (Å²) in [6, 6.07) is 13.8. The van der Waals surface area contributed by atoms with Gasteiger partial charge in [-0.25, -0.2) is 0 Å². The van der Waals surface area contributed by atoms with Crippen molar-refractivity contribution in [2.24, 2.45) is 0 Å². The number of anilines is 1. The van der Waals surface area contributed by atoms with Crippen LogP contribution in [0.4, 0.5) is 5.69 Å². The van der Waals surface area contributed by atoms with Gasteiger partial charge >= 0.3 is 0 Å². The van der Waals surface area contributed by atoms with E-state index < -0.39 is 0 Å². The third kappa shape index (κ3) is 4.24. The van der Waals surface area contributed by atoms with E-state index in [9.17, 15) is 14.4 Å². The maximum absolute atomic E-state index is 12.4. The molecule has 0 spiro atoms. The van der Waals surface area contributed by atoms with Gasteiger partial charge in [-0.3, -0.25) is 19.1 Å². The molecular formula is C21H18N4O3. The number of rotatable bonds is 6. The number of fused-ring (bicyclic) bond motifs is 1. The molecule has 0 saturated heterocycles. The number of amides is 2. The lowest BCUT2D eigenvalue weighted by Gasteiger charge is -2.12. The number of nitrogens with zero attached hydrogens (tertiary/aromatic N) is 2. The second-order valence-corrected chi connectivity index (χ2v) is 5.98. The average molecular weight is 374 g/mol. The Labute approximate surface area is 161 Å². The molecule has 2 N–H and O–H groups in total. The fourth-order valence-electron chi connectivity index (χ4n) is 2.78. The third-order valence-electron chi connectivity index (χ3n) is 4.11. The Morgan fingerprint density at radius 1 is 1.11 bits per heavy atom. The van der Waals surface area contributed by atoms with Crippen molar-refractivity contribution in [3.05, 3.63) is 70.5 Å². The molecule has 1 aromatic heterocycles.